The Hall–Kier alpha value is -5.48. The van der Waals surface area contributed by atoms with Crippen LogP contribution >= 0.6 is 12.2 Å². The highest BCUT2D eigenvalue weighted by atomic mass is 32.1. The molecule has 5 aromatic rings. The summed E-state index contributed by atoms with van der Waals surface area (Å²) in [6, 6.07) is 31.6. The summed E-state index contributed by atoms with van der Waals surface area (Å²) in [7, 11) is 0. The Morgan fingerprint density at radius 2 is 1.67 bits per heavy atom. The third-order valence-corrected chi connectivity index (χ3v) is 7.30. The zero-order valence-electron chi connectivity index (χ0n) is 22.7. The molecule has 1 amide bonds. The molecule has 0 radical (unpaired) electrons. The first-order valence-corrected chi connectivity index (χ1v) is 13.9. The molecule has 43 heavy (non-hydrogen) atoms. The van der Waals surface area contributed by atoms with Crippen LogP contribution in [-0.2, 0) is 4.79 Å². The van der Waals surface area contributed by atoms with Crippen molar-refractivity contribution in [1.82, 2.24) is 10.3 Å². The first kappa shape index (κ1) is 27.7. The number of pyridine rings is 1. The maximum Gasteiger partial charge on any atom is 0.336 e. The molecular weight excluding hydrogens is 564 g/mol. The summed E-state index contributed by atoms with van der Waals surface area (Å²) in [5, 5.41) is 16.4. The number of hydrogen-bond acceptors (Lipinski definition) is 6. The maximum atomic E-state index is 12.5. The molecule has 0 aliphatic carbocycles. The number of anilines is 2. The average Bonchev–Trinajstić information content (AvgIpc) is 3.66. The largest absolute Gasteiger partial charge is 0.484 e. The highest BCUT2D eigenvalue weighted by molar-refractivity contribution is 7.80. The van der Waals surface area contributed by atoms with Crippen LogP contribution in [0, 0.1) is 0 Å². The van der Waals surface area contributed by atoms with Gasteiger partial charge in [-0.25, -0.2) is 4.79 Å². The maximum absolute atomic E-state index is 12.5. The van der Waals surface area contributed by atoms with Crippen LogP contribution in [0.4, 0.5) is 11.4 Å². The molecule has 1 saturated heterocycles. The van der Waals surface area contributed by atoms with E-state index in [1.165, 1.54) is 0 Å². The van der Waals surface area contributed by atoms with Gasteiger partial charge in [0, 0.05) is 23.1 Å². The van der Waals surface area contributed by atoms with E-state index in [0.29, 0.717) is 33.6 Å². The molecule has 10 heteroatoms. The molecule has 2 unspecified atom stereocenters. The van der Waals surface area contributed by atoms with E-state index in [1.807, 2.05) is 59.5 Å². The minimum Gasteiger partial charge on any atom is -0.484 e. The summed E-state index contributed by atoms with van der Waals surface area (Å²) in [5.74, 6) is 0.302. The zero-order valence-corrected chi connectivity index (χ0v) is 23.5. The number of carbonyl (C=O) groups is 2. The normalized spacial score (nSPS) is 16.0. The van der Waals surface area contributed by atoms with Crippen molar-refractivity contribution in [2.24, 2.45) is 0 Å². The molecule has 3 N–H and O–H groups in total. The lowest BCUT2D eigenvalue weighted by molar-refractivity contribution is -0.118. The van der Waals surface area contributed by atoms with Crippen molar-refractivity contribution in [3.05, 3.63) is 132 Å². The number of rotatable bonds is 9. The number of carbonyl (C=O) groups excluding carboxylic acids is 1. The number of nitrogens with one attached hydrogen (secondary N) is 2. The van der Waals surface area contributed by atoms with Gasteiger partial charge in [0.1, 0.15) is 23.3 Å². The first-order chi connectivity index (χ1) is 21.0. The average molecular weight is 591 g/mol. The van der Waals surface area contributed by atoms with Gasteiger partial charge in [0.25, 0.3) is 5.91 Å². The second-order valence-electron chi connectivity index (χ2n) is 9.75. The molecule has 0 bridgehead atoms. The van der Waals surface area contributed by atoms with Crippen molar-refractivity contribution in [3.63, 3.8) is 0 Å². The number of thiocarbonyl (C=S) groups is 1. The fourth-order valence-electron chi connectivity index (χ4n) is 5.03. The molecule has 0 saturated carbocycles. The number of aromatic carboxylic acids is 1. The zero-order chi connectivity index (χ0) is 29.8. The molecule has 1 fully saturated rings. The summed E-state index contributed by atoms with van der Waals surface area (Å²) >= 11 is 5.80. The molecular formula is C33H26N4O5S. The predicted octanol–water partition coefficient (Wildman–Crippen LogP) is 6.23. The number of aromatic nitrogens is 1. The van der Waals surface area contributed by atoms with Gasteiger partial charge in [-0.2, -0.15) is 0 Å². The number of benzene rings is 3. The molecule has 1 aliphatic heterocycles. The smallest absolute Gasteiger partial charge is 0.336 e. The van der Waals surface area contributed by atoms with Gasteiger partial charge in [-0.15, -0.1) is 0 Å². The molecule has 1 aliphatic rings. The third kappa shape index (κ3) is 5.95. The van der Waals surface area contributed by atoms with E-state index in [-0.39, 0.29) is 24.1 Å². The third-order valence-electron chi connectivity index (χ3n) is 6.98. The van der Waals surface area contributed by atoms with E-state index in [2.05, 4.69) is 15.6 Å². The van der Waals surface area contributed by atoms with Crippen LogP contribution in [0.25, 0.3) is 11.3 Å². The minimum absolute atomic E-state index is 0.119. The number of ether oxygens (including phenoxy) is 1. The van der Waals surface area contributed by atoms with Gasteiger partial charge in [0.15, 0.2) is 11.7 Å². The van der Waals surface area contributed by atoms with Gasteiger partial charge in [0.2, 0.25) is 0 Å². The SMILES string of the molecule is O=C(COc1ccccc1)Nc1ccc(N2C(=S)NC(c3ccccn3)C2c2ccc(-c3ccccc3C(=O)O)o2)cc1. The van der Waals surface area contributed by atoms with Crippen LogP contribution in [0.1, 0.15) is 33.9 Å². The van der Waals surface area contributed by atoms with Crippen LogP contribution in [0.15, 0.2) is 120 Å². The summed E-state index contributed by atoms with van der Waals surface area (Å²) in [4.78, 5) is 30.8. The lowest BCUT2D eigenvalue weighted by atomic mass is 10.0. The number of nitrogens with zero attached hydrogens (tertiary/aromatic N) is 2. The van der Waals surface area contributed by atoms with Gasteiger partial charge in [-0.05, 0) is 78.9 Å². The topological polar surface area (TPSA) is 117 Å². The molecule has 2 aromatic heterocycles. The number of hydrogen-bond donors (Lipinski definition) is 3. The van der Waals surface area contributed by atoms with Crippen molar-refractivity contribution < 1.29 is 23.8 Å². The Morgan fingerprint density at radius 1 is 0.930 bits per heavy atom. The molecule has 3 aromatic carbocycles. The Labute approximate surface area is 252 Å². The van der Waals surface area contributed by atoms with Crippen LogP contribution in [0.3, 0.4) is 0 Å². The number of furan rings is 1. The minimum atomic E-state index is -1.04. The van der Waals surface area contributed by atoms with Crippen molar-refractivity contribution in [2.45, 2.75) is 12.1 Å². The molecule has 2 atom stereocenters. The lowest BCUT2D eigenvalue weighted by Gasteiger charge is -2.26. The Bertz CT molecular complexity index is 1760. The Morgan fingerprint density at radius 3 is 2.42 bits per heavy atom. The van der Waals surface area contributed by atoms with E-state index in [1.54, 1.807) is 60.8 Å². The first-order valence-electron chi connectivity index (χ1n) is 13.5. The highest BCUT2D eigenvalue weighted by Gasteiger charge is 2.42. The highest BCUT2D eigenvalue weighted by Crippen LogP contribution is 2.43. The Kier molecular flexibility index (Phi) is 7.84. The fourth-order valence-corrected chi connectivity index (χ4v) is 5.38. The summed E-state index contributed by atoms with van der Waals surface area (Å²) in [6.45, 7) is -0.119. The second kappa shape index (κ2) is 12.2. The van der Waals surface area contributed by atoms with Crippen LogP contribution in [0.2, 0.25) is 0 Å². The van der Waals surface area contributed by atoms with Crippen molar-refractivity contribution in [3.8, 4) is 17.1 Å². The van der Waals surface area contributed by atoms with Crippen LogP contribution < -0.4 is 20.3 Å². The van der Waals surface area contributed by atoms with E-state index in [0.717, 1.165) is 11.4 Å². The van der Waals surface area contributed by atoms with Gasteiger partial charge < -0.3 is 29.8 Å². The Balaban J connectivity index is 1.27. The van der Waals surface area contributed by atoms with Crippen molar-refractivity contribution >= 4 is 40.6 Å². The number of carboxylic acid groups (broad SMARTS) is 1. The summed E-state index contributed by atoms with van der Waals surface area (Å²) in [5.41, 5.74) is 2.76. The number of carboxylic acids is 1. The second-order valence-corrected chi connectivity index (χ2v) is 10.1. The van der Waals surface area contributed by atoms with Crippen LogP contribution in [0.5, 0.6) is 5.75 Å². The summed E-state index contributed by atoms with van der Waals surface area (Å²) < 4.78 is 11.9. The lowest BCUT2D eigenvalue weighted by Crippen LogP contribution is -2.29. The quantitative estimate of drug-likeness (QED) is 0.172. The molecule has 214 valence electrons. The molecule has 9 nitrogen and oxygen atoms in total. The van der Waals surface area contributed by atoms with Gasteiger partial charge in [0.05, 0.1) is 17.3 Å². The molecule has 3 heterocycles. The van der Waals surface area contributed by atoms with Gasteiger partial charge >= 0.3 is 5.97 Å². The van der Waals surface area contributed by atoms with E-state index >= 15 is 0 Å². The molecule has 6 rings (SSSR count). The molecule has 0 spiro atoms. The standard InChI is InChI=1S/C33H26N4O5S/c38-29(20-41-23-8-2-1-3-9-23)35-21-13-15-22(16-14-21)37-31(30(36-33(37)43)26-12-6-7-19-34-26)28-18-17-27(42-28)24-10-4-5-11-25(24)32(39)40/h1-19,30-31H,20H2,(H,35,38)(H,36,43)(H,39,40). The van der Waals surface area contributed by atoms with Crippen molar-refractivity contribution in [2.75, 3.05) is 16.8 Å². The van der Waals surface area contributed by atoms with Crippen molar-refractivity contribution in [1.29, 1.82) is 0 Å². The van der Waals surface area contributed by atoms with Crippen LogP contribution in [-0.4, -0.2) is 33.7 Å². The monoisotopic (exact) mass is 590 g/mol. The number of para-hydroxylation sites is 1. The predicted molar refractivity (Wildman–Crippen MR) is 166 cm³/mol. The van der Waals surface area contributed by atoms with E-state index in [4.69, 9.17) is 21.4 Å². The summed E-state index contributed by atoms with van der Waals surface area (Å²) in [6.07, 6.45) is 1.72. The fraction of sp³-hybridized carbons (Fsp3) is 0.0909. The van der Waals surface area contributed by atoms with Gasteiger partial charge in [-0.1, -0.05) is 42.5 Å². The van der Waals surface area contributed by atoms with E-state index < -0.39 is 12.0 Å². The van der Waals surface area contributed by atoms with Gasteiger partial charge in [-0.3, -0.25) is 9.78 Å². The number of amides is 1. The van der Waals surface area contributed by atoms with E-state index in [9.17, 15) is 14.7 Å².